The van der Waals surface area contributed by atoms with Crippen LogP contribution >= 0.6 is 0 Å². The van der Waals surface area contributed by atoms with Crippen LogP contribution in [0, 0.1) is 12.7 Å². The number of aromatic nitrogens is 2. The van der Waals surface area contributed by atoms with Crippen LogP contribution in [0.2, 0.25) is 0 Å². The first-order valence-electron chi connectivity index (χ1n) is 9.48. The molecule has 2 aromatic rings. The monoisotopic (exact) mass is 373 g/mol. The van der Waals surface area contributed by atoms with E-state index in [0.717, 1.165) is 38.3 Å². The Hall–Kier alpha value is -2.41. The van der Waals surface area contributed by atoms with Crippen molar-refractivity contribution in [2.45, 2.75) is 38.9 Å². The Morgan fingerprint density at radius 3 is 2.96 bits per heavy atom. The first-order valence-corrected chi connectivity index (χ1v) is 9.48. The number of nitrogens with one attached hydrogen (secondary N) is 1. The van der Waals surface area contributed by atoms with Crippen molar-refractivity contribution < 1.29 is 9.18 Å². The first kappa shape index (κ1) is 19.4. The van der Waals surface area contributed by atoms with E-state index in [1.807, 2.05) is 36.9 Å². The Balaban J connectivity index is 1.47. The fourth-order valence-corrected chi connectivity index (χ4v) is 3.47. The van der Waals surface area contributed by atoms with Crippen LogP contribution in [-0.4, -0.2) is 58.1 Å². The van der Waals surface area contributed by atoms with Crippen molar-refractivity contribution in [3.8, 4) is 0 Å². The van der Waals surface area contributed by atoms with Crippen LogP contribution in [-0.2, 0) is 13.1 Å². The van der Waals surface area contributed by atoms with Crippen molar-refractivity contribution in [3.05, 3.63) is 53.9 Å². The van der Waals surface area contributed by atoms with Crippen molar-refractivity contribution >= 4 is 6.03 Å². The lowest BCUT2D eigenvalue weighted by Gasteiger charge is -2.34. The second-order valence-corrected chi connectivity index (χ2v) is 7.20. The molecule has 0 spiro atoms. The lowest BCUT2D eigenvalue weighted by atomic mass is 10.0. The molecule has 3 rings (SSSR count). The highest BCUT2D eigenvalue weighted by molar-refractivity contribution is 5.74. The topological polar surface area (TPSA) is 53.4 Å². The molecular formula is C20H28FN5O. The minimum absolute atomic E-state index is 0.0643. The van der Waals surface area contributed by atoms with Gasteiger partial charge in [0.25, 0.3) is 0 Å². The van der Waals surface area contributed by atoms with Gasteiger partial charge in [0, 0.05) is 57.2 Å². The number of amides is 2. The Morgan fingerprint density at radius 2 is 2.22 bits per heavy atom. The van der Waals surface area contributed by atoms with Gasteiger partial charge >= 0.3 is 6.03 Å². The fourth-order valence-electron chi connectivity index (χ4n) is 3.47. The number of aryl methyl sites for hydroxylation is 1. The Kier molecular flexibility index (Phi) is 6.45. The van der Waals surface area contributed by atoms with E-state index in [2.05, 4.69) is 15.2 Å². The predicted molar refractivity (Wildman–Crippen MR) is 103 cm³/mol. The van der Waals surface area contributed by atoms with Gasteiger partial charge in [-0.1, -0.05) is 18.2 Å². The molecule has 2 amide bonds. The number of rotatable bonds is 6. The lowest BCUT2D eigenvalue weighted by molar-refractivity contribution is 0.166. The van der Waals surface area contributed by atoms with E-state index in [4.69, 9.17) is 0 Å². The smallest absolute Gasteiger partial charge is 0.317 e. The Bertz CT molecular complexity index is 762. The minimum Gasteiger partial charge on any atom is -0.334 e. The summed E-state index contributed by atoms with van der Waals surface area (Å²) in [5.41, 5.74) is 0.706. The zero-order chi connectivity index (χ0) is 19.2. The van der Waals surface area contributed by atoms with Gasteiger partial charge in [-0.3, -0.25) is 4.90 Å². The first-order chi connectivity index (χ1) is 13.0. The van der Waals surface area contributed by atoms with Crippen LogP contribution in [0.4, 0.5) is 9.18 Å². The summed E-state index contributed by atoms with van der Waals surface area (Å²) in [6.07, 6.45) is 5.63. The summed E-state index contributed by atoms with van der Waals surface area (Å²) in [4.78, 5) is 20.6. The van der Waals surface area contributed by atoms with Crippen LogP contribution in [0.3, 0.4) is 0 Å². The maximum atomic E-state index is 13.9. The van der Waals surface area contributed by atoms with Crippen LogP contribution in [0.15, 0.2) is 36.7 Å². The van der Waals surface area contributed by atoms with E-state index in [1.54, 1.807) is 17.2 Å². The summed E-state index contributed by atoms with van der Waals surface area (Å²) in [5, 5.41) is 3.12. The standard InChI is InChI=1S/C20H28FN5O/c1-16-22-9-11-26(16)13-12-24(2)20(27)23-18-7-5-10-25(15-18)14-17-6-3-4-8-19(17)21/h3-4,6,8-9,11,18H,5,7,10,12-15H2,1-2H3,(H,23,27). The van der Waals surface area contributed by atoms with Gasteiger partial charge in [0.2, 0.25) is 0 Å². The second-order valence-electron chi connectivity index (χ2n) is 7.20. The Labute approximate surface area is 160 Å². The van der Waals surface area contributed by atoms with Crippen LogP contribution < -0.4 is 5.32 Å². The third-order valence-corrected chi connectivity index (χ3v) is 5.13. The molecule has 1 N–H and O–H groups in total. The molecular weight excluding hydrogens is 345 g/mol. The third-order valence-electron chi connectivity index (χ3n) is 5.13. The number of imidazole rings is 1. The maximum absolute atomic E-state index is 13.9. The zero-order valence-electron chi connectivity index (χ0n) is 16.1. The number of likely N-dealkylation sites (tertiary alicyclic amines) is 1. The molecule has 7 heteroatoms. The molecule has 1 aromatic heterocycles. The molecule has 1 aromatic carbocycles. The highest BCUT2D eigenvalue weighted by Crippen LogP contribution is 2.16. The van der Waals surface area contributed by atoms with Gasteiger partial charge in [0.05, 0.1) is 0 Å². The molecule has 1 aliphatic heterocycles. The van der Waals surface area contributed by atoms with E-state index < -0.39 is 0 Å². The number of halogens is 1. The largest absolute Gasteiger partial charge is 0.334 e. The number of carbonyl (C=O) groups excluding carboxylic acids is 1. The molecule has 0 saturated carbocycles. The molecule has 2 heterocycles. The van der Waals surface area contributed by atoms with E-state index in [1.165, 1.54) is 6.07 Å². The van der Waals surface area contributed by atoms with Crippen molar-refractivity contribution in [3.63, 3.8) is 0 Å². The number of hydrogen-bond donors (Lipinski definition) is 1. The number of hydrogen-bond acceptors (Lipinski definition) is 3. The van der Waals surface area contributed by atoms with Crippen LogP contribution in [0.1, 0.15) is 24.2 Å². The molecule has 1 saturated heterocycles. The maximum Gasteiger partial charge on any atom is 0.317 e. The van der Waals surface area contributed by atoms with Crippen molar-refractivity contribution in [1.29, 1.82) is 0 Å². The van der Waals surface area contributed by atoms with Gasteiger partial charge < -0.3 is 14.8 Å². The molecule has 146 valence electrons. The average Bonchev–Trinajstić information content (AvgIpc) is 3.07. The van der Waals surface area contributed by atoms with Gasteiger partial charge in [0.1, 0.15) is 11.6 Å². The molecule has 1 unspecified atom stereocenters. The van der Waals surface area contributed by atoms with E-state index >= 15 is 0 Å². The summed E-state index contributed by atoms with van der Waals surface area (Å²) in [6, 6.07) is 6.91. The fraction of sp³-hybridized carbons (Fsp3) is 0.500. The van der Waals surface area contributed by atoms with Crippen LogP contribution in [0.25, 0.3) is 0 Å². The molecule has 0 bridgehead atoms. The third kappa shape index (κ3) is 5.29. The molecule has 1 aliphatic rings. The molecule has 1 atom stereocenters. The van der Waals surface area contributed by atoms with Gasteiger partial charge in [-0.2, -0.15) is 0 Å². The van der Waals surface area contributed by atoms with Gasteiger partial charge in [-0.25, -0.2) is 14.2 Å². The number of benzene rings is 1. The van der Waals surface area contributed by atoms with E-state index in [-0.39, 0.29) is 17.9 Å². The summed E-state index contributed by atoms with van der Waals surface area (Å²) in [5.74, 6) is 0.776. The number of likely N-dealkylation sites (N-methyl/N-ethyl adjacent to an activating group) is 1. The Morgan fingerprint density at radius 1 is 1.41 bits per heavy atom. The van der Waals surface area contributed by atoms with Crippen LogP contribution in [0.5, 0.6) is 0 Å². The highest BCUT2D eigenvalue weighted by Gasteiger charge is 2.23. The molecule has 0 radical (unpaired) electrons. The number of nitrogens with zero attached hydrogens (tertiary/aromatic N) is 4. The summed E-state index contributed by atoms with van der Waals surface area (Å²) in [7, 11) is 1.81. The summed E-state index contributed by atoms with van der Waals surface area (Å²) in [6.45, 7) is 5.54. The quantitative estimate of drug-likeness (QED) is 0.847. The average molecular weight is 373 g/mol. The van der Waals surface area contributed by atoms with E-state index in [0.29, 0.717) is 18.7 Å². The predicted octanol–water partition coefficient (Wildman–Crippen LogP) is 2.64. The lowest BCUT2D eigenvalue weighted by Crippen LogP contribution is -2.51. The van der Waals surface area contributed by atoms with E-state index in [9.17, 15) is 9.18 Å². The number of carbonyl (C=O) groups is 1. The van der Waals surface area contributed by atoms with Crippen molar-refractivity contribution in [2.24, 2.45) is 0 Å². The molecule has 6 nitrogen and oxygen atoms in total. The van der Waals surface area contributed by atoms with Gasteiger partial charge in [-0.05, 0) is 32.4 Å². The summed E-state index contributed by atoms with van der Waals surface area (Å²) >= 11 is 0. The molecule has 1 fully saturated rings. The second kappa shape index (κ2) is 8.99. The van der Waals surface area contributed by atoms with Gasteiger partial charge in [0.15, 0.2) is 0 Å². The molecule has 0 aliphatic carbocycles. The van der Waals surface area contributed by atoms with Crippen molar-refractivity contribution in [2.75, 3.05) is 26.7 Å². The summed E-state index contributed by atoms with van der Waals surface area (Å²) < 4.78 is 15.9. The zero-order valence-corrected chi connectivity index (χ0v) is 16.1. The minimum atomic E-state index is -0.168. The number of urea groups is 1. The SMILES string of the molecule is Cc1nccn1CCN(C)C(=O)NC1CCCN(Cc2ccccc2F)C1. The van der Waals surface area contributed by atoms with Gasteiger partial charge in [-0.15, -0.1) is 0 Å². The highest BCUT2D eigenvalue weighted by atomic mass is 19.1. The number of piperidine rings is 1. The van der Waals surface area contributed by atoms with Crippen molar-refractivity contribution in [1.82, 2.24) is 24.7 Å². The normalized spacial score (nSPS) is 17.7. The molecule has 27 heavy (non-hydrogen) atoms.